The molecule has 76 heavy (non-hydrogen) atoms. The molecule has 4 N–H and O–H groups in total. The van der Waals surface area contributed by atoms with Crippen molar-refractivity contribution >= 4 is 63.2 Å². The van der Waals surface area contributed by atoms with Gasteiger partial charge in [0.25, 0.3) is 0 Å². The highest BCUT2D eigenvalue weighted by atomic mass is 31.2. The molecule has 0 unspecified atom stereocenters. The van der Waals surface area contributed by atoms with E-state index < -0.39 is 103 Å². The Balaban J connectivity index is 1.29. The number of guanidine groups is 2. The molecule has 0 heterocycles. The molecule has 0 bridgehead atoms. The lowest BCUT2D eigenvalue weighted by Gasteiger charge is -2.20. The fourth-order valence-corrected chi connectivity index (χ4v) is 8.01. The summed E-state index contributed by atoms with van der Waals surface area (Å²) in [5, 5.41) is 1.12. The highest BCUT2D eigenvalue weighted by Gasteiger charge is 2.30. The molecule has 0 spiro atoms. The number of rotatable bonds is 31. The maximum Gasteiger partial charge on any atom is 0.462 e. The molecule has 0 saturated heterocycles. The minimum Gasteiger partial charge on any atom is -0.438 e. The van der Waals surface area contributed by atoms with E-state index in [-0.39, 0.29) is 25.7 Å². The van der Waals surface area contributed by atoms with E-state index >= 15 is 0 Å². The van der Waals surface area contributed by atoms with E-state index in [4.69, 9.17) is 58.2 Å². The van der Waals surface area contributed by atoms with Crippen LogP contribution in [0.15, 0.2) is 131 Å². The van der Waals surface area contributed by atoms with Gasteiger partial charge < -0.3 is 40.1 Å². The van der Waals surface area contributed by atoms with Gasteiger partial charge in [0.2, 0.25) is 39.1 Å². The normalized spacial score (nSPS) is 11.7. The highest BCUT2D eigenvalue weighted by Crippen LogP contribution is 2.51. The fraction of sp³-hybridized carbons (Fsp3) is 0.360. The van der Waals surface area contributed by atoms with Gasteiger partial charge in [-0.1, -0.05) is 121 Å². The zero-order valence-corrected chi connectivity index (χ0v) is 43.8. The molecular weight excluding hydrogens is 1030 g/mol. The first-order chi connectivity index (χ1) is 36.5. The minimum absolute atomic E-state index is 0.00232. The maximum absolute atomic E-state index is 13.7. The second-order valence-electron chi connectivity index (χ2n) is 16.0. The summed E-state index contributed by atoms with van der Waals surface area (Å²) < 4.78 is 75.7. The van der Waals surface area contributed by atoms with Crippen LogP contribution in [0.5, 0.6) is 0 Å². The van der Waals surface area contributed by atoms with Crippen LogP contribution in [-0.4, -0.2) is 99.1 Å². The van der Waals surface area contributed by atoms with Crippen LogP contribution in [0.4, 0.5) is 0 Å². The van der Waals surface area contributed by atoms with Crippen LogP contribution in [0.1, 0.15) is 73.6 Å². The van der Waals surface area contributed by atoms with Crippen LogP contribution < -0.4 is 11.5 Å². The predicted octanol–water partition coefficient (Wildman–Crippen LogP) is 6.77. The first kappa shape index (κ1) is 61.1. The lowest BCUT2D eigenvalue weighted by Crippen LogP contribution is -2.37. The van der Waals surface area contributed by atoms with Gasteiger partial charge in [0.05, 0.1) is 12.8 Å². The number of aryl methyl sites for hydroxylation is 4. The Kier molecular flexibility index (Phi) is 26.9. The minimum atomic E-state index is -4.77. The molecule has 0 fully saturated rings. The Morgan fingerprint density at radius 2 is 0.658 bits per heavy atom. The summed E-state index contributed by atoms with van der Waals surface area (Å²) in [6.07, 6.45) is 1.35. The summed E-state index contributed by atoms with van der Waals surface area (Å²) in [4.78, 5) is 85.3. The van der Waals surface area contributed by atoms with E-state index in [0.29, 0.717) is 48.7 Å². The standard InChI is InChI=1S/C50H62N6O18P2/c1-55(49(51)53-75(63,69-35-65-43(57)27-15-25-39-17-7-3-8-18-39)70-36-66-44(58)28-16-26-40-19-9-4-10-20-40)73-47(61)33-34-48(62)74-56(2)50(52)54-76(64,71-37-67-45(59)31-29-41-21-11-5-12-22-41)72-38-68-46(60)32-30-42-23-13-6-14-24-42/h3-14,17-24H,15-16,25-38H2,1-2H3,(H2,51,53,63)(H2,52,54,64). The number of ether oxygens (including phenoxy) is 4. The number of hydroxylamine groups is 4. The van der Waals surface area contributed by atoms with Gasteiger partial charge in [0.1, 0.15) is 0 Å². The van der Waals surface area contributed by atoms with E-state index in [1.165, 1.54) is 0 Å². The molecule has 0 aromatic heterocycles. The van der Waals surface area contributed by atoms with Crippen LogP contribution in [0.2, 0.25) is 0 Å². The van der Waals surface area contributed by atoms with Crippen molar-refractivity contribution in [2.24, 2.45) is 21.0 Å². The summed E-state index contributed by atoms with van der Waals surface area (Å²) in [5.74, 6) is -6.50. The van der Waals surface area contributed by atoms with E-state index in [2.05, 4.69) is 9.53 Å². The maximum atomic E-state index is 13.7. The van der Waals surface area contributed by atoms with Crippen molar-refractivity contribution in [3.8, 4) is 0 Å². The number of esters is 4. The van der Waals surface area contributed by atoms with Crippen LogP contribution in [-0.2, 0) is 110 Å². The molecule has 4 aromatic rings. The summed E-state index contributed by atoms with van der Waals surface area (Å²) in [5.41, 5.74) is 15.7. The Morgan fingerprint density at radius 1 is 0.395 bits per heavy atom. The Morgan fingerprint density at radius 3 is 0.947 bits per heavy atom. The smallest absolute Gasteiger partial charge is 0.438 e. The van der Waals surface area contributed by atoms with Gasteiger partial charge in [0.15, 0.2) is 0 Å². The molecule has 0 aliphatic carbocycles. The van der Waals surface area contributed by atoms with Crippen LogP contribution in [0, 0.1) is 0 Å². The van der Waals surface area contributed by atoms with Crippen molar-refractivity contribution in [1.29, 1.82) is 0 Å². The van der Waals surface area contributed by atoms with Crippen LogP contribution in [0.3, 0.4) is 0 Å². The number of nitrogens with two attached hydrogens (primary N) is 2. The molecule has 410 valence electrons. The summed E-state index contributed by atoms with van der Waals surface area (Å²) >= 11 is 0. The Bertz CT molecular complexity index is 2480. The van der Waals surface area contributed by atoms with Gasteiger partial charge in [-0.15, -0.1) is 9.53 Å². The largest absolute Gasteiger partial charge is 0.462 e. The van der Waals surface area contributed by atoms with Crippen molar-refractivity contribution in [2.75, 3.05) is 41.3 Å². The van der Waals surface area contributed by atoms with Crippen LogP contribution >= 0.6 is 15.5 Å². The zero-order valence-electron chi connectivity index (χ0n) is 42.0. The van der Waals surface area contributed by atoms with E-state index in [0.717, 1.165) is 36.3 Å². The molecule has 26 heteroatoms. The van der Waals surface area contributed by atoms with E-state index in [1.54, 1.807) is 0 Å². The fourth-order valence-electron chi connectivity index (χ4n) is 6.13. The molecule has 0 amide bonds. The monoisotopic (exact) mass is 1100 g/mol. The van der Waals surface area contributed by atoms with E-state index in [1.807, 2.05) is 121 Å². The van der Waals surface area contributed by atoms with Crippen molar-refractivity contribution < 1.29 is 84.6 Å². The molecule has 24 nitrogen and oxygen atoms in total. The first-order valence-corrected chi connectivity index (χ1v) is 26.7. The molecular formula is C50H62N6O18P2. The van der Waals surface area contributed by atoms with Crippen molar-refractivity contribution in [3.63, 3.8) is 0 Å². The second kappa shape index (κ2) is 33.5. The van der Waals surface area contributed by atoms with Crippen LogP contribution in [0.25, 0.3) is 0 Å². The SMILES string of the molecule is CN(OC(=O)CCC(=O)ON(C)C(N)=NP(=O)(OCOC(=O)CCc1ccccc1)OCOC(=O)CCc1ccccc1)C(N)=NP(=O)(OCOC(=O)CCCc1ccccc1)OCOC(=O)CCCc1ccccc1. The van der Waals surface area contributed by atoms with Crippen molar-refractivity contribution in [2.45, 2.75) is 77.0 Å². The molecule has 4 rings (SSSR count). The van der Waals surface area contributed by atoms with Crippen molar-refractivity contribution in [3.05, 3.63) is 144 Å². The quantitative estimate of drug-likeness (QED) is 0.00998. The molecule has 0 aliphatic rings. The Labute approximate surface area is 439 Å². The van der Waals surface area contributed by atoms with Gasteiger partial charge >= 0.3 is 51.3 Å². The highest BCUT2D eigenvalue weighted by molar-refractivity contribution is 7.52. The van der Waals surface area contributed by atoms with Gasteiger partial charge in [0, 0.05) is 39.8 Å². The molecule has 0 aliphatic heterocycles. The van der Waals surface area contributed by atoms with Gasteiger partial charge in [-0.05, 0) is 60.8 Å². The third kappa shape index (κ3) is 25.7. The zero-order chi connectivity index (χ0) is 55.0. The number of nitrogens with zero attached hydrogens (tertiary/aromatic N) is 4. The third-order valence-electron chi connectivity index (χ3n) is 10.1. The lowest BCUT2D eigenvalue weighted by atomic mass is 10.1. The van der Waals surface area contributed by atoms with Gasteiger partial charge in [-0.25, -0.2) is 18.7 Å². The topological polar surface area (TPSA) is 312 Å². The van der Waals surface area contributed by atoms with Crippen molar-refractivity contribution in [1.82, 2.24) is 10.1 Å². The Hall–Kier alpha value is -7.46. The average molecular weight is 1100 g/mol. The first-order valence-electron chi connectivity index (χ1n) is 23.7. The predicted molar refractivity (Wildman–Crippen MR) is 272 cm³/mol. The summed E-state index contributed by atoms with van der Waals surface area (Å²) in [7, 11) is -7.36. The molecule has 4 aromatic carbocycles. The lowest BCUT2D eigenvalue weighted by molar-refractivity contribution is -0.176. The van der Waals surface area contributed by atoms with Gasteiger partial charge in [-0.2, -0.15) is 10.1 Å². The number of hydrogen-bond donors (Lipinski definition) is 2. The summed E-state index contributed by atoms with van der Waals surface area (Å²) in [6.45, 7) is -3.67. The molecule has 0 radical (unpaired) electrons. The number of carbonyl (C=O) groups excluding carboxylic acids is 6. The third-order valence-corrected chi connectivity index (χ3v) is 12.8. The number of hydrogen-bond acceptors (Lipinski definition) is 18. The van der Waals surface area contributed by atoms with Gasteiger partial charge in [-0.3, -0.25) is 37.3 Å². The number of benzene rings is 4. The molecule has 0 saturated carbocycles. The second-order valence-corrected chi connectivity index (χ2v) is 19.3. The molecule has 0 atom stereocenters. The number of carbonyl (C=O) groups is 6. The summed E-state index contributed by atoms with van der Waals surface area (Å²) in [6, 6.07) is 37.0. The average Bonchev–Trinajstić information content (AvgIpc) is 3.40. The van der Waals surface area contributed by atoms with E-state index in [9.17, 15) is 37.9 Å².